The number of rotatable bonds is 5. The van der Waals surface area contributed by atoms with Crippen molar-refractivity contribution < 1.29 is 13.2 Å². The standard InChI is InChI=1S/C21H24N2O3S/c1-15-6-10-18(11-7-15)27(25,26)23-13-12-16-4-2-3-5-19(16)20(23)14-21(24)22-17-8-9-17/h2-7,10-11,17,20H,8-9,12-14H2,1H3,(H,22,24)/t20-/m0/s1. The average molecular weight is 385 g/mol. The van der Waals surface area contributed by atoms with Gasteiger partial charge in [0.25, 0.3) is 0 Å². The van der Waals surface area contributed by atoms with Gasteiger partial charge in [-0.3, -0.25) is 4.79 Å². The van der Waals surface area contributed by atoms with Crippen LogP contribution in [0.25, 0.3) is 0 Å². The van der Waals surface area contributed by atoms with Gasteiger partial charge in [-0.1, -0.05) is 42.0 Å². The third kappa shape index (κ3) is 3.77. The number of benzene rings is 2. The van der Waals surface area contributed by atoms with Crippen molar-refractivity contribution in [3.05, 3.63) is 65.2 Å². The van der Waals surface area contributed by atoms with Gasteiger partial charge in [-0.15, -0.1) is 0 Å². The molecule has 1 fully saturated rings. The summed E-state index contributed by atoms with van der Waals surface area (Å²) in [6.45, 7) is 2.31. The van der Waals surface area contributed by atoms with Crippen LogP contribution in [0.5, 0.6) is 0 Å². The number of carbonyl (C=O) groups is 1. The Balaban J connectivity index is 1.68. The van der Waals surface area contributed by atoms with Crippen LogP contribution in [-0.2, 0) is 21.2 Å². The normalized spacial score (nSPS) is 20.1. The molecule has 27 heavy (non-hydrogen) atoms. The van der Waals surface area contributed by atoms with Crippen molar-refractivity contribution in [2.75, 3.05) is 6.54 Å². The number of carbonyl (C=O) groups excluding carboxylic acids is 1. The van der Waals surface area contributed by atoms with Gasteiger partial charge in [-0.2, -0.15) is 4.31 Å². The van der Waals surface area contributed by atoms with Gasteiger partial charge in [0.05, 0.1) is 10.9 Å². The van der Waals surface area contributed by atoms with Crippen molar-refractivity contribution in [3.8, 4) is 0 Å². The van der Waals surface area contributed by atoms with Gasteiger partial charge in [0.1, 0.15) is 0 Å². The Morgan fingerprint density at radius 1 is 1.11 bits per heavy atom. The number of aryl methyl sites for hydroxylation is 1. The molecular weight excluding hydrogens is 360 g/mol. The first-order chi connectivity index (χ1) is 12.9. The van der Waals surface area contributed by atoms with Crippen LogP contribution in [0, 0.1) is 6.92 Å². The Bertz CT molecular complexity index is 950. The van der Waals surface area contributed by atoms with E-state index in [0.717, 1.165) is 29.5 Å². The molecule has 0 aromatic heterocycles. The molecule has 0 bridgehead atoms. The van der Waals surface area contributed by atoms with E-state index >= 15 is 0 Å². The molecule has 4 rings (SSSR count). The molecule has 0 saturated heterocycles. The number of amides is 1. The number of nitrogens with zero attached hydrogens (tertiary/aromatic N) is 1. The molecule has 2 aromatic carbocycles. The summed E-state index contributed by atoms with van der Waals surface area (Å²) in [6.07, 6.45) is 2.83. The van der Waals surface area contributed by atoms with Gasteiger partial charge < -0.3 is 5.32 Å². The summed E-state index contributed by atoms with van der Waals surface area (Å²) in [5.41, 5.74) is 3.07. The molecule has 142 valence electrons. The summed E-state index contributed by atoms with van der Waals surface area (Å²) in [4.78, 5) is 12.8. The highest BCUT2D eigenvalue weighted by Crippen LogP contribution is 2.36. The topological polar surface area (TPSA) is 66.5 Å². The van der Waals surface area contributed by atoms with Gasteiger partial charge in [-0.25, -0.2) is 8.42 Å². The molecule has 1 aliphatic carbocycles. The highest BCUT2D eigenvalue weighted by atomic mass is 32.2. The van der Waals surface area contributed by atoms with E-state index in [0.29, 0.717) is 13.0 Å². The molecule has 1 amide bonds. The zero-order valence-electron chi connectivity index (χ0n) is 15.4. The first-order valence-electron chi connectivity index (χ1n) is 9.41. The number of hydrogen-bond donors (Lipinski definition) is 1. The van der Waals surface area contributed by atoms with Crippen LogP contribution in [-0.4, -0.2) is 31.2 Å². The number of fused-ring (bicyclic) bond motifs is 1. The molecule has 1 aliphatic heterocycles. The summed E-state index contributed by atoms with van der Waals surface area (Å²) in [7, 11) is -3.68. The van der Waals surface area contributed by atoms with Crippen LogP contribution >= 0.6 is 0 Å². The minimum absolute atomic E-state index is 0.0803. The molecule has 2 aromatic rings. The first-order valence-corrected chi connectivity index (χ1v) is 10.8. The molecule has 1 heterocycles. The summed E-state index contributed by atoms with van der Waals surface area (Å²) >= 11 is 0. The van der Waals surface area contributed by atoms with E-state index in [2.05, 4.69) is 5.32 Å². The molecule has 1 atom stereocenters. The van der Waals surface area contributed by atoms with Crippen molar-refractivity contribution in [1.29, 1.82) is 0 Å². The van der Waals surface area contributed by atoms with Crippen molar-refractivity contribution in [3.63, 3.8) is 0 Å². The summed E-state index contributed by atoms with van der Waals surface area (Å²) in [5.74, 6) is -0.0803. The van der Waals surface area contributed by atoms with Crippen molar-refractivity contribution in [1.82, 2.24) is 9.62 Å². The van der Waals surface area contributed by atoms with E-state index in [1.54, 1.807) is 24.3 Å². The van der Waals surface area contributed by atoms with Gasteiger partial charge in [0, 0.05) is 19.0 Å². The predicted octanol–water partition coefficient (Wildman–Crippen LogP) is 2.95. The van der Waals surface area contributed by atoms with Gasteiger partial charge in [0.15, 0.2) is 0 Å². The summed E-state index contributed by atoms with van der Waals surface area (Å²) in [5, 5.41) is 2.99. The maximum absolute atomic E-state index is 13.3. The predicted molar refractivity (Wildman–Crippen MR) is 104 cm³/mol. The Labute approximate surface area is 160 Å². The highest BCUT2D eigenvalue weighted by molar-refractivity contribution is 7.89. The highest BCUT2D eigenvalue weighted by Gasteiger charge is 2.38. The average Bonchev–Trinajstić information content (AvgIpc) is 3.46. The summed E-state index contributed by atoms with van der Waals surface area (Å²) < 4.78 is 28.2. The van der Waals surface area contributed by atoms with E-state index in [4.69, 9.17) is 0 Å². The van der Waals surface area contributed by atoms with Crippen molar-refractivity contribution >= 4 is 15.9 Å². The van der Waals surface area contributed by atoms with E-state index in [1.807, 2.05) is 31.2 Å². The molecule has 0 unspecified atom stereocenters. The molecule has 0 radical (unpaired) electrons. The molecule has 1 N–H and O–H groups in total. The minimum Gasteiger partial charge on any atom is -0.353 e. The van der Waals surface area contributed by atoms with Crippen molar-refractivity contribution in [2.24, 2.45) is 0 Å². The molecule has 2 aliphatic rings. The van der Waals surface area contributed by atoms with Crippen LogP contribution in [0.1, 0.15) is 42.0 Å². The van der Waals surface area contributed by atoms with E-state index in [9.17, 15) is 13.2 Å². The second kappa shape index (κ2) is 7.09. The zero-order valence-corrected chi connectivity index (χ0v) is 16.2. The maximum Gasteiger partial charge on any atom is 0.243 e. The Kier molecular flexibility index (Phi) is 4.78. The fraction of sp³-hybridized carbons (Fsp3) is 0.381. The first kappa shape index (κ1) is 18.2. The maximum atomic E-state index is 13.3. The number of sulfonamides is 1. The number of hydrogen-bond acceptors (Lipinski definition) is 3. The van der Waals surface area contributed by atoms with Crippen LogP contribution in [0.15, 0.2) is 53.4 Å². The van der Waals surface area contributed by atoms with Crippen LogP contribution < -0.4 is 5.32 Å². The largest absolute Gasteiger partial charge is 0.353 e. The molecule has 0 spiro atoms. The van der Waals surface area contributed by atoms with Gasteiger partial charge in [0.2, 0.25) is 15.9 Å². The Hall–Kier alpha value is -2.18. The van der Waals surface area contributed by atoms with Gasteiger partial charge in [-0.05, 0) is 49.4 Å². The SMILES string of the molecule is Cc1ccc(S(=O)(=O)N2CCc3ccccc3[C@@H]2CC(=O)NC2CC2)cc1. The molecular formula is C21H24N2O3S. The van der Waals surface area contributed by atoms with E-state index in [1.165, 1.54) is 4.31 Å². The fourth-order valence-corrected chi connectivity index (χ4v) is 5.27. The second-order valence-electron chi connectivity index (χ2n) is 7.44. The third-order valence-corrected chi connectivity index (χ3v) is 7.23. The smallest absolute Gasteiger partial charge is 0.243 e. The Morgan fingerprint density at radius 3 is 2.52 bits per heavy atom. The fourth-order valence-electron chi connectivity index (χ4n) is 3.66. The van der Waals surface area contributed by atoms with Gasteiger partial charge >= 0.3 is 0 Å². The van der Waals surface area contributed by atoms with E-state index in [-0.39, 0.29) is 23.3 Å². The minimum atomic E-state index is -3.68. The summed E-state index contributed by atoms with van der Waals surface area (Å²) in [6, 6.07) is 14.5. The van der Waals surface area contributed by atoms with Crippen LogP contribution in [0.4, 0.5) is 0 Å². The van der Waals surface area contributed by atoms with Crippen molar-refractivity contribution in [2.45, 2.75) is 49.6 Å². The molecule has 1 saturated carbocycles. The monoisotopic (exact) mass is 384 g/mol. The zero-order chi connectivity index (χ0) is 19.0. The molecule has 6 heteroatoms. The Morgan fingerprint density at radius 2 is 1.81 bits per heavy atom. The lowest BCUT2D eigenvalue weighted by molar-refractivity contribution is -0.122. The second-order valence-corrected chi connectivity index (χ2v) is 9.33. The lowest BCUT2D eigenvalue weighted by Crippen LogP contribution is -2.42. The van der Waals surface area contributed by atoms with E-state index < -0.39 is 16.1 Å². The van der Waals surface area contributed by atoms with Crippen LogP contribution in [0.3, 0.4) is 0 Å². The quantitative estimate of drug-likeness (QED) is 0.862. The lowest BCUT2D eigenvalue weighted by atomic mass is 9.92. The lowest BCUT2D eigenvalue weighted by Gasteiger charge is -2.36. The van der Waals surface area contributed by atoms with Crippen LogP contribution in [0.2, 0.25) is 0 Å². The number of nitrogens with one attached hydrogen (secondary N) is 1. The molecule has 5 nitrogen and oxygen atoms in total. The third-order valence-electron chi connectivity index (χ3n) is 5.31.